The smallest absolute Gasteiger partial charge is 0.0900 e. The topological polar surface area (TPSA) is 24.9 Å². The summed E-state index contributed by atoms with van der Waals surface area (Å²) < 4.78 is 0. The molecule has 0 fully saturated rings. The lowest BCUT2D eigenvalue weighted by Crippen LogP contribution is -2.35. The summed E-state index contributed by atoms with van der Waals surface area (Å²) in [7, 11) is 0. The molecule has 1 N–H and O–H groups in total. The zero-order chi connectivity index (χ0) is 10.6. The first kappa shape index (κ1) is 11.4. The molecule has 0 aromatic carbocycles. The fraction of sp³-hybridized carbons (Fsp3) is 0.545. The van der Waals surface area contributed by atoms with E-state index >= 15 is 0 Å². The maximum Gasteiger partial charge on any atom is 0.0900 e. The summed E-state index contributed by atoms with van der Waals surface area (Å²) in [6, 6.07) is 0. The van der Waals surface area contributed by atoms with Crippen LogP contribution in [0.15, 0.2) is 12.3 Å². The van der Waals surface area contributed by atoms with E-state index in [-0.39, 0.29) is 5.54 Å². The average Bonchev–Trinajstić information content (AvgIpc) is 2.44. The molecule has 2 nitrogen and oxygen atoms in total. The molecule has 0 aliphatic carbocycles. The molecule has 1 rings (SSSR count). The number of hydrogen-bond acceptors (Lipinski definition) is 3. The van der Waals surface area contributed by atoms with Gasteiger partial charge in [0.2, 0.25) is 0 Å². The number of aromatic nitrogens is 1. The number of nitrogens with zero attached hydrogens (tertiary/aromatic N) is 1. The van der Waals surface area contributed by atoms with Gasteiger partial charge in [-0.25, -0.2) is 4.98 Å². The fourth-order valence-corrected chi connectivity index (χ4v) is 1.71. The molecule has 1 aromatic rings. The van der Waals surface area contributed by atoms with Crippen LogP contribution in [0.3, 0.4) is 0 Å². The summed E-state index contributed by atoms with van der Waals surface area (Å²) >= 11 is 1.72. The molecule has 1 aromatic heterocycles. The van der Waals surface area contributed by atoms with Crippen LogP contribution in [0.5, 0.6) is 0 Å². The van der Waals surface area contributed by atoms with Crippen molar-refractivity contribution in [1.82, 2.24) is 10.3 Å². The molecule has 0 amide bonds. The van der Waals surface area contributed by atoms with Gasteiger partial charge in [-0.15, -0.1) is 11.3 Å². The Bertz CT molecular complexity index is 307. The maximum atomic E-state index is 4.19. The van der Waals surface area contributed by atoms with E-state index in [4.69, 9.17) is 0 Å². The highest BCUT2D eigenvalue weighted by molar-refractivity contribution is 7.12. The molecule has 14 heavy (non-hydrogen) atoms. The number of nitrogens with one attached hydrogen (secondary N) is 1. The summed E-state index contributed by atoms with van der Waals surface area (Å²) in [5.41, 5.74) is 0.188. The first-order chi connectivity index (χ1) is 6.47. The molecule has 0 aliphatic rings. The van der Waals surface area contributed by atoms with E-state index in [0.29, 0.717) is 0 Å². The first-order valence-electron chi connectivity index (χ1n) is 4.81. The maximum absolute atomic E-state index is 4.19. The summed E-state index contributed by atoms with van der Waals surface area (Å²) in [5.74, 6) is 0. The highest BCUT2D eigenvalue weighted by atomic mass is 32.1. The zero-order valence-corrected chi connectivity index (χ0v) is 10.1. The van der Waals surface area contributed by atoms with E-state index in [1.54, 1.807) is 11.3 Å². The van der Waals surface area contributed by atoms with Gasteiger partial charge in [0.15, 0.2) is 0 Å². The van der Waals surface area contributed by atoms with Crippen molar-refractivity contribution < 1.29 is 0 Å². The lowest BCUT2D eigenvalue weighted by molar-refractivity contribution is 0.450. The van der Waals surface area contributed by atoms with E-state index in [1.165, 1.54) is 4.88 Å². The van der Waals surface area contributed by atoms with E-state index in [1.807, 2.05) is 13.1 Å². The number of aryl methyl sites for hydroxylation is 1. The Labute approximate surface area is 90.1 Å². The third-order valence-corrected chi connectivity index (χ3v) is 2.55. The van der Waals surface area contributed by atoms with Gasteiger partial charge < -0.3 is 5.32 Å². The molecule has 1 heterocycles. The summed E-state index contributed by atoms with van der Waals surface area (Å²) in [6.07, 6.45) is 6.16. The molecule has 0 saturated heterocycles. The Kier molecular flexibility index (Phi) is 3.84. The number of hydrogen-bond donors (Lipinski definition) is 1. The third-order valence-electron chi connectivity index (χ3n) is 1.67. The summed E-state index contributed by atoms with van der Waals surface area (Å²) in [4.78, 5) is 5.41. The minimum absolute atomic E-state index is 0.188. The predicted octanol–water partition coefficient (Wildman–Crippen LogP) is 2.85. The Hall–Kier alpha value is -0.670. The van der Waals surface area contributed by atoms with Crippen LogP contribution in [0.1, 0.15) is 30.7 Å². The van der Waals surface area contributed by atoms with Crippen molar-refractivity contribution in [1.29, 1.82) is 0 Å². The van der Waals surface area contributed by atoms with Crippen molar-refractivity contribution in [3.63, 3.8) is 0 Å². The lowest BCUT2D eigenvalue weighted by Gasteiger charge is -2.18. The van der Waals surface area contributed by atoms with Crippen LogP contribution in [0.25, 0.3) is 6.08 Å². The lowest BCUT2D eigenvalue weighted by atomic mass is 10.1. The van der Waals surface area contributed by atoms with Gasteiger partial charge in [-0.1, -0.05) is 6.08 Å². The molecule has 0 aliphatic heterocycles. The summed E-state index contributed by atoms with van der Waals surface area (Å²) in [5, 5.41) is 4.52. The quantitative estimate of drug-likeness (QED) is 0.830. The van der Waals surface area contributed by atoms with E-state index in [0.717, 1.165) is 11.6 Å². The molecule has 78 valence electrons. The zero-order valence-electron chi connectivity index (χ0n) is 9.29. The molecular formula is C11H18N2S. The SMILES string of the molecule is Cc1ncc(C=CCNC(C)(C)C)s1. The van der Waals surface area contributed by atoms with Crippen LogP contribution >= 0.6 is 11.3 Å². The van der Waals surface area contributed by atoms with Crippen molar-refractivity contribution >= 4 is 17.4 Å². The summed E-state index contributed by atoms with van der Waals surface area (Å²) in [6.45, 7) is 9.42. The van der Waals surface area contributed by atoms with Gasteiger partial charge in [0.1, 0.15) is 0 Å². The second kappa shape index (κ2) is 4.71. The third kappa shape index (κ3) is 4.53. The van der Waals surface area contributed by atoms with Crippen LogP contribution in [0, 0.1) is 6.92 Å². The number of rotatable bonds is 3. The van der Waals surface area contributed by atoms with E-state index < -0.39 is 0 Å². The predicted molar refractivity (Wildman–Crippen MR) is 63.6 cm³/mol. The van der Waals surface area contributed by atoms with Crippen molar-refractivity contribution in [2.45, 2.75) is 33.2 Å². The van der Waals surface area contributed by atoms with E-state index in [9.17, 15) is 0 Å². The van der Waals surface area contributed by atoms with Crippen molar-refractivity contribution in [3.05, 3.63) is 22.2 Å². The van der Waals surface area contributed by atoms with Crippen LogP contribution in [-0.4, -0.2) is 17.1 Å². The largest absolute Gasteiger partial charge is 0.309 e. The second-order valence-corrected chi connectivity index (χ2v) is 5.58. The Morgan fingerprint density at radius 1 is 1.50 bits per heavy atom. The molecule has 3 heteroatoms. The molecule has 0 saturated carbocycles. The van der Waals surface area contributed by atoms with Crippen LogP contribution in [-0.2, 0) is 0 Å². The highest BCUT2D eigenvalue weighted by Crippen LogP contribution is 2.12. The Morgan fingerprint density at radius 3 is 2.71 bits per heavy atom. The van der Waals surface area contributed by atoms with E-state index in [2.05, 4.69) is 43.2 Å². The van der Waals surface area contributed by atoms with Crippen molar-refractivity contribution in [3.8, 4) is 0 Å². The van der Waals surface area contributed by atoms with Gasteiger partial charge in [-0.05, 0) is 33.8 Å². The molecule has 0 bridgehead atoms. The first-order valence-corrected chi connectivity index (χ1v) is 5.63. The van der Waals surface area contributed by atoms with Crippen LogP contribution in [0.2, 0.25) is 0 Å². The van der Waals surface area contributed by atoms with Crippen LogP contribution in [0.4, 0.5) is 0 Å². The molecule has 0 spiro atoms. The molecule has 0 unspecified atom stereocenters. The van der Waals surface area contributed by atoms with Gasteiger partial charge in [0, 0.05) is 23.2 Å². The van der Waals surface area contributed by atoms with Gasteiger partial charge in [-0.3, -0.25) is 0 Å². The second-order valence-electron chi connectivity index (χ2n) is 4.31. The minimum atomic E-state index is 0.188. The van der Waals surface area contributed by atoms with Gasteiger partial charge >= 0.3 is 0 Å². The molecule has 0 radical (unpaired) electrons. The Balaban J connectivity index is 2.35. The standard InChI is InChI=1S/C11H18N2S/c1-9-12-8-10(14-9)6-5-7-13-11(2,3)4/h5-6,8,13H,7H2,1-4H3. The van der Waals surface area contributed by atoms with Gasteiger partial charge in [-0.2, -0.15) is 0 Å². The van der Waals surface area contributed by atoms with Crippen molar-refractivity contribution in [2.75, 3.05) is 6.54 Å². The Morgan fingerprint density at radius 2 is 2.21 bits per heavy atom. The number of thiazole rings is 1. The average molecular weight is 210 g/mol. The molecule has 0 atom stereocenters. The van der Waals surface area contributed by atoms with Gasteiger partial charge in [0.05, 0.1) is 5.01 Å². The monoisotopic (exact) mass is 210 g/mol. The fourth-order valence-electron chi connectivity index (χ4n) is 0.995. The van der Waals surface area contributed by atoms with Crippen molar-refractivity contribution in [2.24, 2.45) is 0 Å². The molecular weight excluding hydrogens is 192 g/mol. The highest BCUT2D eigenvalue weighted by Gasteiger charge is 2.05. The van der Waals surface area contributed by atoms with Crippen LogP contribution < -0.4 is 5.32 Å². The van der Waals surface area contributed by atoms with Gasteiger partial charge in [0.25, 0.3) is 0 Å². The minimum Gasteiger partial charge on any atom is -0.309 e. The normalized spacial score (nSPS) is 12.6.